The van der Waals surface area contributed by atoms with Gasteiger partial charge in [-0.15, -0.1) is 11.3 Å². The summed E-state index contributed by atoms with van der Waals surface area (Å²) in [7, 11) is -3.96. The normalized spacial score (nSPS) is 14.2. The van der Waals surface area contributed by atoms with Crippen LogP contribution in [0.1, 0.15) is 30.0 Å². The van der Waals surface area contributed by atoms with E-state index in [1.807, 2.05) is 16.9 Å². The van der Waals surface area contributed by atoms with Crippen LogP contribution in [0.4, 0.5) is 16.2 Å². The molecule has 1 fully saturated rings. The van der Waals surface area contributed by atoms with E-state index in [0.717, 1.165) is 48.1 Å². The van der Waals surface area contributed by atoms with E-state index in [-0.39, 0.29) is 9.77 Å². The maximum atomic E-state index is 13.4. The van der Waals surface area contributed by atoms with Crippen LogP contribution in [-0.2, 0) is 10.0 Å². The van der Waals surface area contributed by atoms with Gasteiger partial charge in [-0.3, -0.25) is 9.36 Å². The van der Waals surface area contributed by atoms with Crippen molar-refractivity contribution < 1.29 is 13.2 Å². The minimum atomic E-state index is -3.96. The highest BCUT2D eigenvalue weighted by Gasteiger charge is 2.19. The van der Waals surface area contributed by atoms with Crippen LogP contribution in [0.25, 0.3) is 16.6 Å². The van der Waals surface area contributed by atoms with Crippen LogP contribution < -0.4 is 20.9 Å². The molecule has 0 spiro atoms. The minimum absolute atomic E-state index is 0.0644. The van der Waals surface area contributed by atoms with E-state index in [9.17, 15) is 18.0 Å². The predicted octanol–water partition coefficient (Wildman–Crippen LogP) is 4.47. The Bertz CT molecular complexity index is 1690. The van der Waals surface area contributed by atoms with Gasteiger partial charge in [-0.2, -0.15) is 0 Å². The summed E-state index contributed by atoms with van der Waals surface area (Å²) in [6, 6.07) is 14.4. The number of urea groups is 1. The zero-order valence-electron chi connectivity index (χ0n) is 22.4. The van der Waals surface area contributed by atoms with Gasteiger partial charge < -0.3 is 15.5 Å². The Kier molecular flexibility index (Phi) is 8.19. The lowest BCUT2D eigenvalue weighted by Gasteiger charge is -2.26. The molecule has 0 atom stereocenters. The van der Waals surface area contributed by atoms with Gasteiger partial charge in [0, 0.05) is 29.3 Å². The first-order valence-electron chi connectivity index (χ1n) is 13.2. The highest BCUT2D eigenvalue weighted by atomic mass is 32.2. The molecule has 0 radical (unpaired) electrons. The second kappa shape index (κ2) is 11.8. The number of piperidine rings is 1. The number of rotatable bonds is 8. The summed E-state index contributed by atoms with van der Waals surface area (Å²) in [6.45, 7) is 7.69. The first kappa shape index (κ1) is 27.8. The number of carbonyl (C=O) groups is 1. The standard InChI is InChI=1S/C28H32N6O4S2/c1-19-6-13-26(39-19)40(37,38)32-28(36)31-21-7-10-23(11-8-21)34-20(2)30-25-18-22(9-12-24(25)27(34)35)29-14-17-33-15-4-3-5-16-33/h6-13,18,29H,3-5,14-17H2,1-2H3,(H2,31,32,36). The van der Waals surface area contributed by atoms with Gasteiger partial charge in [0.25, 0.3) is 15.6 Å². The summed E-state index contributed by atoms with van der Waals surface area (Å²) < 4.78 is 28.4. The molecule has 5 rings (SSSR count). The fourth-order valence-electron chi connectivity index (χ4n) is 4.83. The Hall–Kier alpha value is -3.74. The Labute approximate surface area is 237 Å². The maximum absolute atomic E-state index is 13.4. The number of nitrogens with one attached hydrogen (secondary N) is 3. The largest absolute Gasteiger partial charge is 0.384 e. The number of hydrogen-bond donors (Lipinski definition) is 3. The maximum Gasteiger partial charge on any atom is 0.333 e. The van der Waals surface area contributed by atoms with Gasteiger partial charge in [0.05, 0.1) is 16.6 Å². The lowest BCUT2D eigenvalue weighted by molar-refractivity contribution is 0.237. The molecule has 0 unspecified atom stereocenters. The van der Waals surface area contributed by atoms with Crippen molar-refractivity contribution in [3.63, 3.8) is 0 Å². The number of fused-ring (bicyclic) bond motifs is 1. The second-order valence-electron chi connectivity index (χ2n) is 9.83. The van der Waals surface area contributed by atoms with Crippen molar-refractivity contribution in [2.45, 2.75) is 37.3 Å². The Balaban J connectivity index is 1.26. The third-order valence-electron chi connectivity index (χ3n) is 6.83. The van der Waals surface area contributed by atoms with Crippen LogP contribution in [0.2, 0.25) is 0 Å². The molecular formula is C28H32N6O4S2. The molecule has 2 aromatic heterocycles. The molecule has 210 valence electrons. The highest BCUT2D eigenvalue weighted by Crippen LogP contribution is 2.21. The van der Waals surface area contributed by atoms with Crippen LogP contribution in [0.15, 0.2) is 63.6 Å². The summed E-state index contributed by atoms with van der Waals surface area (Å²) >= 11 is 1.08. The number of aryl methyl sites for hydroxylation is 2. The number of sulfonamides is 1. The van der Waals surface area contributed by atoms with E-state index in [4.69, 9.17) is 0 Å². The van der Waals surface area contributed by atoms with Gasteiger partial charge in [0.15, 0.2) is 0 Å². The number of benzene rings is 2. The molecule has 40 heavy (non-hydrogen) atoms. The van der Waals surface area contributed by atoms with Gasteiger partial charge >= 0.3 is 6.03 Å². The number of thiophene rings is 1. The predicted molar refractivity (Wildman–Crippen MR) is 159 cm³/mol. The van der Waals surface area contributed by atoms with E-state index in [1.54, 1.807) is 50.2 Å². The molecule has 0 saturated carbocycles. The first-order chi connectivity index (χ1) is 19.2. The summed E-state index contributed by atoms with van der Waals surface area (Å²) in [5.74, 6) is 0.527. The van der Waals surface area contributed by atoms with Crippen molar-refractivity contribution >= 4 is 49.7 Å². The molecule has 10 nitrogen and oxygen atoms in total. The van der Waals surface area contributed by atoms with E-state index in [2.05, 4.69) is 20.5 Å². The average Bonchev–Trinajstić information content (AvgIpc) is 3.37. The molecule has 2 aromatic carbocycles. The van der Waals surface area contributed by atoms with Crippen molar-refractivity contribution in [1.29, 1.82) is 0 Å². The Morgan fingerprint density at radius 1 is 0.975 bits per heavy atom. The summed E-state index contributed by atoms with van der Waals surface area (Å²) in [6.07, 6.45) is 3.85. The van der Waals surface area contributed by atoms with E-state index < -0.39 is 16.1 Å². The molecule has 1 saturated heterocycles. The molecule has 1 aliphatic heterocycles. The molecular weight excluding hydrogens is 548 g/mol. The molecule has 0 aliphatic carbocycles. The Morgan fingerprint density at radius 3 is 2.40 bits per heavy atom. The topological polar surface area (TPSA) is 125 Å². The fourth-order valence-corrected chi connectivity index (χ4v) is 7.02. The lowest BCUT2D eigenvalue weighted by Crippen LogP contribution is -2.33. The van der Waals surface area contributed by atoms with Crippen LogP contribution in [0, 0.1) is 13.8 Å². The third kappa shape index (κ3) is 6.35. The van der Waals surface area contributed by atoms with E-state index in [0.29, 0.717) is 28.1 Å². The Morgan fingerprint density at radius 2 is 1.70 bits per heavy atom. The van der Waals surface area contributed by atoms with Gasteiger partial charge in [-0.05, 0) is 94.4 Å². The van der Waals surface area contributed by atoms with Gasteiger partial charge in [-0.25, -0.2) is 22.9 Å². The molecule has 3 N–H and O–H groups in total. The zero-order chi connectivity index (χ0) is 28.3. The van der Waals surface area contributed by atoms with Gasteiger partial charge in [0.1, 0.15) is 10.0 Å². The molecule has 12 heteroatoms. The quantitative estimate of drug-likeness (QED) is 0.281. The summed E-state index contributed by atoms with van der Waals surface area (Å²) in [5, 5.41) is 6.47. The molecule has 3 heterocycles. The number of hydrogen-bond acceptors (Lipinski definition) is 8. The number of amides is 2. The van der Waals surface area contributed by atoms with Crippen LogP contribution in [-0.4, -0.2) is 55.1 Å². The molecule has 2 amide bonds. The first-order valence-corrected chi connectivity index (χ1v) is 15.5. The number of nitrogens with zero attached hydrogens (tertiary/aromatic N) is 3. The number of carbonyl (C=O) groups excluding carboxylic acids is 1. The van der Waals surface area contributed by atoms with Crippen LogP contribution in [0.5, 0.6) is 0 Å². The smallest absolute Gasteiger partial charge is 0.333 e. The zero-order valence-corrected chi connectivity index (χ0v) is 24.1. The van der Waals surface area contributed by atoms with Crippen LogP contribution >= 0.6 is 11.3 Å². The van der Waals surface area contributed by atoms with E-state index >= 15 is 0 Å². The minimum Gasteiger partial charge on any atom is -0.384 e. The molecule has 4 aromatic rings. The van der Waals surface area contributed by atoms with Crippen molar-refractivity contribution in [2.24, 2.45) is 0 Å². The van der Waals surface area contributed by atoms with Crippen molar-refractivity contribution in [2.75, 3.05) is 36.8 Å². The van der Waals surface area contributed by atoms with E-state index in [1.165, 1.54) is 29.9 Å². The highest BCUT2D eigenvalue weighted by molar-refractivity contribution is 7.92. The SMILES string of the molecule is Cc1ccc(S(=O)(=O)NC(=O)Nc2ccc(-n3c(C)nc4cc(NCCN5CCCCC5)ccc4c3=O)cc2)s1. The number of anilines is 2. The van der Waals surface area contributed by atoms with Crippen molar-refractivity contribution in [1.82, 2.24) is 19.2 Å². The molecule has 1 aliphatic rings. The lowest BCUT2D eigenvalue weighted by atomic mass is 10.1. The average molecular weight is 581 g/mol. The van der Waals surface area contributed by atoms with Crippen molar-refractivity contribution in [3.8, 4) is 5.69 Å². The third-order valence-corrected chi connectivity index (χ3v) is 9.66. The summed E-state index contributed by atoms with van der Waals surface area (Å²) in [4.78, 5) is 33.7. The second-order valence-corrected chi connectivity index (χ2v) is 13.0. The number of aromatic nitrogens is 2. The fraction of sp³-hybridized carbons (Fsp3) is 0.321. The monoisotopic (exact) mass is 580 g/mol. The van der Waals surface area contributed by atoms with Gasteiger partial charge in [0.2, 0.25) is 0 Å². The number of likely N-dealkylation sites (tertiary alicyclic amines) is 1. The molecule has 0 bridgehead atoms. The van der Waals surface area contributed by atoms with Crippen molar-refractivity contribution in [3.05, 3.63) is 75.7 Å². The van der Waals surface area contributed by atoms with Crippen LogP contribution in [0.3, 0.4) is 0 Å². The van der Waals surface area contributed by atoms with Gasteiger partial charge in [-0.1, -0.05) is 6.42 Å². The summed E-state index contributed by atoms with van der Waals surface area (Å²) in [5.41, 5.74) is 2.31.